The molecule has 4 heteroatoms. The standard InChI is InChI=1S/C17H28N2O2/c1-21-11-5-9-19-10-8-16(17(20)14-19)13-18-12-15-6-3-2-4-7-15/h2-4,6-7,16-18,20H,5,8-14H2,1H3/t16-,17?/m0/s1. The lowest BCUT2D eigenvalue weighted by molar-refractivity contribution is 0.0191. The van der Waals surface area contributed by atoms with Crippen molar-refractivity contribution in [3.63, 3.8) is 0 Å². The van der Waals surface area contributed by atoms with Gasteiger partial charge in [-0.05, 0) is 30.9 Å². The normalized spacial score (nSPS) is 23.3. The molecule has 2 rings (SSSR count). The van der Waals surface area contributed by atoms with E-state index in [0.29, 0.717) is 5.92 Å². The second-order valence-electron chi connectivity index (χ2n) is 5.88. The van der Waals surface area contributed by atoms with Gasteiger partial charge in [-0.3, -0.25) is 0 Å². The first-order chi connectivity index (χ1) is 10.3. The number of ether oxygens (including phenoxy) is 1. The minimum absolute atomic E-state index is 0.218. The first-order valence-corrected chi connectivity index (χ1v) is 7.93. The summed E-state index contributed by atoms with van der Waals surface area (Å²) in [7, 11) is 1.74. The Morgan fingerprint density at radius 1 is 1.33 bits per heavy atom. The van der Waals surface area contributed by atoms with Crippen LogP contribution in [0, 0.1) is 5.92 Å². The second-order valence-corrected chi connectivity index (χ2v) is 5.88. The number of aliphatic hydroxyl groups excluding tert-OH is 1. The number of rotatable bonds is 8. The van der Waals surface area contributed by atoms with E-state index in [2.05, 4.69) is 34.5 Å². The van der Waals surface area contributed by atoms with Crippen molar-refractivity contribution in [1.82, 2.24) is 10.2 Å². The smallest absolute Gasteiger partial charge is 0.0707 e. The third kappa shape index (κ3) is 5.75. The van der Waals surface area contributed by atoms with Crippen LogP contribution < -0.4 is 5.32 Å². The Kier molecular flexibility index (Phi) is 7.16. The summed E-state index contributed by atoms with van der Waals surface area (Å²) in [6.45, 7) is 5.47. The van der Waals surface area contributed by atoms with Gasteiger partial charge in [-0.25, -0.2) is 0 Å². The molecule has 0 amide bonds. The minimum atomic E-state index is -0.218. The number of hydrogen-bond donors (Lipinski definition) is 2. The Balaban J connectivity index is 1.64. The van der Waals surface area contributed by atoms with Gasteiger partial charge in [0.25, 0.3) is 0 Å². The molecule has 0 saturated carbocycles. The van der Waals surface area contributed by atoms with Gasteiger partial charge in [0, 0.05) is 39.9 Å². The Hall–Kier alpha value is -0.940. The third-order valence-electron chi connectivity index (χ3n) is 4.21. The van der Waals surface area contributed by atoms with Crippen LogP contribution in [0.3, 0.4) is 0 Å². The van der Waals surface area contributed by atoms with E-state index < -0.39 is 0 Å². The zero-order valence-corrected chi connectivity index (χ0v) is 13.0. The lowest BCUT2D eigenvalue weighted by atomic mass is 9.93. The van der Waals surface area contributed by atoms with Crippen molar-refractivity contribution in [1.29, 1.82) is 0 Å². The highest BCUT2D eigenvalue weighted by Gasteiger charge is 2.26. The van der Waals surface area contributed by atoms with E-state index >= 15 is 0 Å². The van der Waals surface area contributed by atoms with Crippen LogP contribution in [-0.2, 0) is 11.3 Å². The van der Waals surface area contributed by atoms with Gasteiger partial charge in [-0.1, -0.05) is 30.3 Å². The van der Waals surface area contributed by atoms with Crippen LogP contribution in [0.2, 0.25) is 0 Å². The highest BCUT2D eigenvalue weighted by atomic mass is 16.5. The van der Waals surface area contributed by atoms with E-state index in [-0.39, 0.29) is 6.10 Å². The van der Waals surface area contributed by atoms with Crippen molar-refractivity contribution in [2.75, 3.05) is 39.9 Å². The third-order valence-corrected chi connectivity index (χ3v) is 4.21. The molecule has 0 radical (unpaired) electrons. The molecule has 4 nitrogen and oxygen atoms in total. The van der Waals surface area contributed by atoms with E-state index in [9.17, 15) is 5.11 Å². The molecule has 0 aliphatic carbocycles. The molecule has 118 valence electrons. The summed E-state index contributed by atoms with van der Waals surface area (Å²) in [6.07, 6.45) is 1.89. The van der Waals surface area contributed by atoms with Gasteiger partial charge in [0.05, 0.1) is 6.10 Å². The Morgan fingerprint density at radius 3 is 2.86 bits per heavy atom. The van der Waals surface area contributed by atoms with Gasteiger partial charge in [0.15, 0.2) is 0 Å². The van der Waals surface area contributed by atoms with Crippen molar-refractivity contribution in [3.8, 4) is 0 Å². The molecule has 2 atom stereocenters. The van der Waals surface area contributed by atoms with Crippen LogP contribution in [-0.4, -0.2) is 56.0 Å². The van der Waals surface area contributed by atoms with Crippen LogP contribution in [0.1, 0.15) is 18.4 Å². The number of aliphatic hydroxyl groups is 1. The number of nitrogens with zero attached hydrogens (tertiary/aromatic N) is 1. The molecule has 1 saturated heterocycles. The number of nitrogens with one attached hydrogen (secondary N) is 1. The van der Waals surface area contributed by atoms with Crippen molar-refractivity contribution in [2.45, 2.75) is 25.5 Å². The van der Waals surface area contributed by atoms with Crippen molar-refractivity contribution in [3.05, 3.63) is 35.9 Å². The Labute approximate surface area is 128 Å². The summed E-state index contributed by atoms with van der Waals surface area (Å²) >= 11 is 0. The number of benzene rings is 1. The van der Waals surface area contributed by atoms with Crippen LogP contribution in [0.15, 0.2) is 30.3 Å². The van der Waals surface area contributed by atoms with E-state index in [4.69, 9.17) is 4.74 Å². The fraction of sp³-hybridized carbons (Fsp3) is 0.647. The molecular formula is C17H28N2O2. The second kappa shape index (κ2) is 9.15. The molecule has 1 aromatic carbocycles. The van der Waals surface area contributed by atoms with Gasteiger partial charge in [-0.2, -0.15) is 0 Å². The number of likely N-dealkylation sites (tertiary alicyclic amines) is 1. The van der Waals surface area contributed by atoms with Crippen molar-refractivity contribution >= 4 is 0 Å². The summed E-state index contributed by atoms with van der Waals surface area (Å²) in [5, 5.41) is 13.8. The number of β-amino-alcohol motifs (C(OH)–C–C–N with tert-alkyl or cyclic N) is 1. The number of piperidine rings is 1. The molecule has 0 bridgehead atoms. The van der Waals surface area contributed by atoms with Gasteiger partial charge >= 0.3 is 0 Å². The quantitative estimate of drug-likeness (QED) is 0.713. The average molecular weight is 292 g/mol. The van der Waals surface area contributed by atoms with E-state index in [1.807, 2.05) is 6.07 Å². The molecule has 1 aliphatic heterocycles. The summed E-state index contributed by atoms with van der Waals surface area (Å²) in [5.41, 5.74) is 1.30. The van der Waals surface area contributed by atoms with Gasteiger partial charge < -0.3 is 20.1 Å². The van der Waals surface area contributed by atoms with Crippen molar-refractivity contribution in [2.24, 2.45) is 5.92 Å². The molecule has 1 unspecified atom stereocenters. The average Bonchev–Trinajstić information content (AvgIpc) is 2.51. The first-order valence-electron chi connectivity index (χ1n) is 7.93. The monoisotopic (exact) mass is 292 g/mol. The maximum Gasteiger partial charge on any atom is 0.0707 e. The highest BCUT2D eigenvalue weighted by molar-refractivity contribution is 5.14. The zero-order chi connectivity index (χ0) is 14.9. The largest absolute Gasteiger partial charge is 0.391 e. The summed E-state index contributed by atoms with van der Waals surface area (Å²) in [4.78, 5) is 2.34. The van der Waals surface area contributed by atoms with Gasteiger partial charge in [0.1, 0.15) is 0 Å². The van der Waals surface area contributed by atoms with Gasteiger partial charge in [-0.15, -0.1) is 0 Å². The molecule has 1 heterocycles. The van der Waals surface area contributed by atoms with Crippen molar-refractivity contribution < 1.29 is 9.84 Å². The zero-order valence-electron chi connectivity index (χ0n) is 13.0. The summed E-state index contributed by atoms with van der Waals surface area (Å²) in [5.74, 6) is 0.368. The summed E-state index contributed by atoms with van der Waals surface area (Å²) < 4.78 is 5.08. The molecule has 0 spiro atoms. The van der Waals surface area contributed by atoms with Gasteiger partial charge in [0.2, 0.25) is 0 Å². The number of methoxy groups -OCH3 is 1. The van der Waals surface area contributed by atoms with E-state index in [1.54, 1.807) is 7.11 Å². The topological polar surface area (TPSA) is 44.7 Å². The molecule has 1 aliphatic rings. The van der Waals surface area contributed by atoms with Crippen LogP contribution in [0.5, 0.6) is 0 Å². The molecule has 1 fully saturated rings. The maximum atomic E-state index is 10.3. The fourth-order valence-electron chi connectivity index (χ4n) is 2.92. The predicted octanol–water partition coefficient (Wildman–Crippen LogP) is 1.50. The van der Waals surface area contributed by atoms with Crippen LogP contribution >= 0.6 is 0 Å². The van der Waals surface area contributed by atoms with E-state index in [0.717, 1.165) is 52.2 Å². The van der Waals surface area contributed by atoms with Crippen LogP contribution in [0.4, 0.5) is 0 Å². The maximum absolute atomic E-state index is 10.3. The fourth-order valence-corrected chi connectivity index (χ4v) is 2.92. The highest BCUT2D eigenvalue weighted by Crippen LogP contribution is 2.17. The molecule has 0 aromatic heterocycles. The first kappa shape index (κ1) is 16.4. The van der Waals surface area contributed by atoms with Crippen LogP contribution in [0.25, 0.3) is 0 Å². The Morgan fingerprint density at radius 2 is 2.14 bits per heavy atom. The molecule has 2 N–H and O–H groups in total. The molecule has 21 heavy (non-hydrogen) atoms. The summed E-state index contributed by atoms with van der Waals surface area (Å²) in [6, 6.07) is 10.4. The van der Waals surface area contributed by atoms with E-state index in [1.165, 1.54) is 5.56 Å². The SMILES string of the molecule is COCCCN1CC[C@@H](CNCc2ccccc2)C(O)C1. The molecular weight excluding hydrogens is 264 g/mol. The minimum Gasteiger partial charge on any atom is -0.391 e. The Bertz CT molecular complexity index is 386. The number of hydrogen-bond acceptors (Lipinski definition) is 4. The molecule has 1 aromatic rings. The lowest BCUT2D eigenvalue weighted by Crippen LogP contribution is -2.47. The predicted molar refractivity (Wildman–Crippen MR) is 85.2 cm³/mol. The lowest BCUT2D eigenvalue weighted by Gasteiger charge is -2.36.